The zero-order chi connectivity index (χ0) is 20.5. The predicted octanol–water partition coefficient (Wildman–Crippen LogP) is 2.06. The molecule has 7 nitrogen and oxygen atoms in total. The zero-order valence-corrected chi connectivity index (χ0v) is 16.6. The first-order chi connectivity index (χ1) is 14.0. The number of aliphatic hydroxyl groups excluding tert-OH is 3. The van der Waals surface area contributed by atoms with E-state index >= 15 is 0 Å². The SMILES string of the molecule is C[C@H]1[C@H](O)[C@@H](O)[C@H](c2ccc(Cl)c(Cc3nnc4ccccc4n3)c2)O[C@@H]1CO. The highest BCUT2D eigenvalue weighted by atomic mass is 35.5. The molecule has 1 aliphatic heterocycles. The number of benzene rings is 2. The standard InChI is InChI=1S/C21H22ClN3O4/c1-11-17(10-26)29-21(20(28)19(11)27)12-6-7-14(22)13(8-12)9-18-23-15-4-2-3-5-16(15)24-25-18/h2-8,11,17,19-21,26-28H,9-10H2,1H3/t11-,17-,19+,20-,21+/m1/s1. The second-order valence-electron chi connectivity index (χ2n) is 7.36. The maximum absolute atomic E-state index is 10.5. The van der Waals surface area contributed by atoms with Crippen LogP contribution < -0.4 is 0 Å². The Labute approximate surface area is 173 Å². The first kappa shape index (κ1) is 20.1. The van der Waals surface area contributed by atoms with E-state index in [-0.39, 0.29) is 12.5 Å². The first-order valence-electron chi connectivity index (χ1n) is 9.47. The van der Waals surface area contributed by atoms with Crippen molar-refractivity contribution in [3.8, 4) is 0 Å². The molecule has 1 saturated heterocycles. The third-order valence-electron chi connectivity index (χ3n) is 5.44. The molecule has 1 aromatic heterocycles. The highest BCUT2D eigenvalue weighted by Gasteiger charge is 2.42. The van der Waals surface area contributed by atoms with Gasteiger partial charge in [0.05, 0.1) is 24.3 Å². The van der Waals surface area contributed by atoms with E-state index in [4.69, 9.17) is 16.3 Å². The molecule has 1 fully saturated rings. The van der Waals surface area contributed by atoms with Crippen molar-refractivity contribution in [3.63, 3.8) is 0 Å². The third kappa shape index (κ3) is 3.97. The maximum atomic E-state index is 10.5. The first-order valence-corrected chi connectivity index (χ1v) is 9.85. The molecular weight excluding hydrogens is 394 g/mol. The van der Waals surface area contributed by atoms with Crippen LogP contribution in [0.1, 0.15) is 30.0 Å². The lowest BCUT2D eigenvalue weighted by atomic mass is 9.85. The van der Waals surface area contributed by atoms with Gasteiger partial charge in [0.15, 0.2) is 5.82 Å². The molecule has 3 N–H and O–H groups in total. The van der Waals surface area contributed by atoms with Crippen LogP contribution in [0.5, 0.6) is 0 Å². The molecule has 152 valence electrons. The number of hydrogen-bond donors (Lipinski definition) is 3. The Morgan fingerprint density at radius 1 is 1.03 bits per heavy atom. The molecule has 3 aromatic rings. The minimum absolute atomic E-state index is 0.238. The number of hydrogen-bond acceptors (Lipinski definition) is 7. The lowest BCUT2D eigenvalue weighted by Gasteiger charge is -2.41. The number of ether oxygens (including phenoxy) is 1. The molecular formula is C21H22ClN3O4. The van der Waals surface area contributed by atoms with Crippen molar-refractivity contribution in [3.05, 3.63) is 64.4 Å². The van der Waals surface area contributed by atoms with Crippen LogP contribution >= 0.6 is 11.6 Å². The Balaban J connectivity index is 1.63. The van der Waals surface area contributed by atoms with Crippen molar-refractivity contribution in [2.45, 2.75) is 37.8 Å². The van der Waals surface area contributed by atoms with E-state index in [1.165, 1.54) is 0 Å². The summed E-state index contributed by atoms with van der Waals surface area (Å²) in [7, 11) is 0. The van der Waals surface area contributed by atoms with E-state index in [2.05, 4.69) is 15.2 Å². The average molecular weight is 416 g/mol. The van der Waals surface area contributed by atoms with Crippen LogP contribution in [0.4, 0.5) is 0 Å². The smallest absolute Gasteiger partial charge is 0.156 e. The van der Waals surface area contributed by atoms with Gasteiger partial charge in [0.25, 0.3) is 0 Å². The predicted molar refractivity (Wildman–Crippen MR) is 107 cm³/mol. The van der Waals surface area contributed by atoms with E-state index in [9.17, 15) is 15.3 Å². The number of nitrogens with zero attached hydrogens (tertiary/aromatic N) is 3. The normalized spacial score (nSPS) is 27.3. The van der Waals surface area contributed by atoms with Gasteiger partial charge in [-0.05, 0) is 29.3 Å². The van der Waals surface area contributed by atoms with E-state index in [1.807, 2.05) is 30.3 Å². The minimum atomic E-state index is -1.11. The zero-order valence-electron chi connectivity index (χ0n) is 15.8. The minimum Gasteiger partial charge on any atom is -0.394 e. The summed E-state index contributed by atoms with van der Waals surface area (Å²) >= 11 is 6.38. The Morgan fingerprint density at radius 2 is 1.79 bits per heavy atom. The molecule has 2 heterocycles. The summed E-state index contributed by atoms with van der Waals surface area (Å²) in [6, 6.07) is 12.8. The van der Waals surface area contributed by atoms with Gasteiger partial charge in [-0.2, -0.15) is 0 Å². The molecule has 0 unspecified atom stereocenters. The molecule has 0 radical (unpaired) electrons. The van der Waals surface area contributed by atoms with E-state index in [1.54, 1.807) is 19.1 Å². The van der Waals surface area contributed by atoms with Crippen molar-refractivity contribution in [2.24, 2.45) is 5.92 Å². The Bertz CT molecular complexity index is 1020. The average Bonchev–Trinajstić information content (AvgIpc) is 2.74. The number of rotatable bonds is 4. The lowest BCUT2D eigenvalue weighted by Crippen LogP contribution is -2.50. The van der Waals surface area contributed by atoms with Crippen molar-refractivity contribution in [1.82, 2.24) is 15.2 Å². The Hall–Kier alpha value is -2.16. The third-order valence-corrected chi connectivity index (χ3v) is 5.81. The fourth-order valence-corrected chi connectivity index (χ4v) is 3.84. The number of fused-ring (bicyclic) bond motifs is 1. The van der Waals surface area contributed by atoms with Crippen molar-refractivity contribution >= 4 is 22.6 Å². The van der Waals surface area contributed by atoms with Gasteiger partial charge in [-0.25, -0.2) is 4.98 Å². The van der Waals surface area contributed by atoms with Crippen LogP contribution in [0.2, 0.25) is 5.02 Å². The molecule has 0 amide bonds. The van der Waals surface area contributed by atoms with Gasteiger partial charge in [0.1, 0.15) is 17.7 Å². The highest BCUT2D eigenvalue weighted by Crippen LogP contribution is 2.36. The number of aliphatic hydroxyl groups is 3. The molecule has 0 spiro atoms. The Morgan fingerprint density at radius 3 is 2.55 bits per heavy atom. The summed E-state index contributed by atoms with van der Waals surface area (Å²) < 4.78 is 5.87. The van der Waals surface area contributed by atoms with Gasteiger partial charge in [-0.1, -0.05) is 42.8 Å². The highest BCUT2D eigenvalue weighted by molar-refractivity contribution is 6.31. The summed E-state index contributed by atoms with van der Waals surface area (Å²) in [5.74, 6) is 0.143. The summed E-state index contributed by atoms with van der Waals surface area (Å²) in [4.78, 5) is 4.53. The van der Waals surface area contributed by atoms with Gasteiger partial charge in [-0.3, -0.25) is 0 Å². The Kier molecular flexibility index (Phi) is 5.76. The van der Waals surface area contributed by atoms with Crippen molar-refractivity contribution in [1.29, 1.82) is 0 Å². The van der Waals surface area contributed by atoms with E-state index in [0.29, 0.717) is 28.3 Å². The largest absolute Gasteiger partial charge is 0.394 e. The topological polar surface area (TPSA) is 109 Å². The molecule has 5 atom stereocenters. The van der Waals surface area contributed by atoms with Gasteiger partial charge in [0.2, 0.25) is 0 Å². The number of para-hydroxylation sites is 1. The molecule has 0 aliphatic carbocycles. The monoisotopic (exact) mass is 415 g/mol. The maximum Gasteiger partial charge on any atom is 0.156 e. The lowest BCUT2D eigenvalue weighted by molar-refractivity contribution is -0.207. The molecule has 1 aliphatic rings. The molecule has 29 heavy (non-hydrogen) atoms. The fraction of sp³-hybridized carbons (Fsp3) is 0.381. The van der Waals surface area contributed by atoms with Crippen molar-refractivity contribution in [2.75, 3.05) is 6.61 Å². The molecule has 0 saturated carbocycles. The molecule has 2 aromatic carbocycles. The van der Waals surface area contributed by atoms with Gasteiger partial charge >= 0.3 is 0 Å². The van der Waals surface area contributed by atoms with Gasteiger partial charge < -0.3 is 20.1 Å². The van der Waals surface area contributed by atoms with Gasteiger partial charge in [0, 0.05) is 17.4 Å². The van der Waals surface area contributed by atoms with Gasteiger partial charge in [-0.15, -0.1) is 10.2 Å². The number of halogens is 1. The van der Waals surface area contributed by atoms with Crippen molar-refractivity contribution < 1.29 is 20.1 Å². The van der Waals surface area contributed by atoms with Crippen LogP contribution in [-0.2, 0) is 11.2 Å². The fourth-order valence-electron chi connectivity index (χ4n) is 3.66. The molecule has 4 rings (SSSR count). The summed E-state index contributed by atoms with van der Waals surface area (Å²) in [6.07, 6.45) is -3.09. The number of aromatic nitrogens is 3. The summed E-state index contributed by atoms with van der Waals surface area (Å²) in [6.45, 7) is 1.50. The summed E-state index contributed by atoms with van der Waals surface area (Å²) in [5, 5.41) is 39.3. The van der Waals surface area contributed by atoms with Crippen LogP contribution in [-0.4, -0.2) is 55.4 Å². The van der Waals surface area contributed by atoms with Crippen LogP contribution in [0.25, 0.3) is 11.0 Å². The van der Waals surface area contributed by atoms with Crippen LogP contribution in [0.15, 0.2) is 42.5 Å². The van der Waals surface area contributed by atoms with E-state index < -0.39 is 24.4 Å². The molecule has 0 bridgehead atoms. The second-order valence-corrected chi connectivity index (χ2v) is 7.77. The quantitative estimate of drug-likeness (QED) is 0.598. The van der Waals surface area contributed by atoms with Crippen LogP contribution in [0, 0.1) is 5.92 Å². The molecule has 8 heteroatoms. The van der Waals surface area contributed by atoms with E-state index in [0.717, 1.165) is 11.1 Å². The van der Waals surface area contributed by atoms with Crippen LogP contribution in [0.3, 0.4) is 0 Å². The summed E-state index contributed by atoms with van der Waals surface area (Å²) in [5.41, 5.74) is 2.88. The second kappa shape index (κ2) is 8.30.